The van der Waals surface area contributed by atoms with Crippen LogP contribution in [0.4, 0.5) is 18.9 Å². The quantitative estimate of drug-likeness (QED) is 0.287. The summed E-state index contributed by atoms with van der Waals surface area (Å²) in [4.78, 5) is 28.0. The summed E-state index contributed by atoms with van der Waals surface area (Å²) in [5.74, 6) is -0.801. The van der Waals surface area contributed by atoms with E-state index in [1.54, 1.807) is 44.2 Å². The van der Waals surface area contributed by atoms with Gasteiger partial charge >= 0.3 is 6.18 Å². The minimum Gasteiger partial charge on any atom is -0.497 e. The Kier molecular flexibility index (Phi) is 10.9. The number of rotatable bonds is 12. The van der Waals surface area contributed by atoms with E-state index in [0.717, 1.165) is 12.1 Å². The van der Waals surface area contributed by atoms with E-state index >= 15 is 0 Å². The number of hydrogen-bond donors (Lipinski definition) is 1. The molecular formula is C29H31ClF3N3O5S. The number of ether oxygens (including phenoxy) is 1. The first-order chi connectivity index (χ1) is 19.8. The summed E-state index contributed by atoms with van der Waals surface area (Å²) in [6.07, 6.45) is -4.63. The summed E-state index contributed by atoms with van der Waals surface area (Å²) in [6, 6.07) is 14.9. The normalized spacial score (nSPS) is 12.4. The second-order valence-corrected chi connectivity index (χ2v) is 11.4. The number of carbonyl (C=O) groups is 2. The first-order valence-corrected chi connectivity index (χ1v) is 14.8. The van der Waals surface area contributed by atoms with Crippen molar-refractivity contribution < 1.29 is 35.9 Å². The highest BCUT2D eigenvalue weighted by atomic mass is 35.5. The lowest BCUT2D eigenvalue weighted by Crippen LogP contribution is -2.52. The number of nitrogens with one attached hydrogen (secondary N) is 1. The molecule has 3 rings (SSSR count). The Hall–Kier alpha value is -3.77. The molecule has 0 spiro atoms. The van der Waals surface area contributed by atoms with E-state index in [1.807, 2.05) is 0 Å². The number of halogens is 4. The molecule has 2 amide bonds. The van der Waals surface area contributed by atoms with Gasteiger partial charge in [-0.25, -0.2) is 8.42 Å². The molecule has 0 fully saturated rings. The first kappa shape index (κ1) is 32.7. The minimum absolute atomic E-state index is 0.110. The number of benzene rings is 3. The van der Waals surface area contributed by atoms with Crippen LogP contribution in [0.15, 0.2) is 77.7 Å². The van der Waals surface area contributed by atoms with Gasteiger partial charge in [0.2, 0.25) is 11.8 Å². The van der Waals surface area contributed by atoms with Gasteiger partial charge in [0, 0.05) is 13.1 Å². The van der Waals surface area contributed by atoms with Crippen LogP contribution < -0.4 is 14.4 Å². The van der Waals surface area contributed by atoms with Crippen LogP contribution in [0.2, 0.25) is 5.02 Å². The molecule has 0 saturated heterocycles. The fourth-order valence-corrected chi connectivity index (χ4v) is 6.01. The fourth-order valence-electron chi connectivity index (χ4n) is 4.29. The minimum atomic E-state index is -4.81. The topological polar surface area (TPSA) is 96.0 Å². The predicted molar refractivity (Wildman–Crippen MR) is 154 cm³/mol. The highest BCUT2D eigenvalue weighted by molar-refractivity contribution is 7.92. The molecule has 0 saturated carbocycles. The van der Waals surface area contributed by atoms with E-state index in [2.05, 4.69) is 5.32 Å². The molecule has 1 N–H and O–H groups in total. The van der Waals surface area contributed by atoms with Crippen molar-refractivity contribution >= 4 is 39.1 Å². The van der Waals surface area contributed by atoms with Crippen LogP contribution in [0.5, 0.6) is 5.75 Å². The molecule has 42 heavy (non-hydrogen) atoms. The molecule has 0 heterocycles. The number of sulfonamides is 1. The van der Waals surface area contributed by atoms with Gasteiger partial charge in [-0.3, -0.25) is 13.9 Å². The Bertz CT molecular complexity index is 1500. The highest BCUT2D eigenvalue weighted by Gasteiger charge is 2.36. The molecule has 0 aromatic heterocycles. The number of amides is 2. The number of alkyl halides is 3. The molecule has 13 heteroatoms. The van der Waals surface area contributed by atoms with Crippen molar-refractivity contribution in [2.45, 2.75) is 43.9 Å². The van der Waals surface area contributed by atoms with Crippen molar-refractivity contribution in [3.8, 4) is 5.75 Å². The van der Waals surface area contributed by atoms with Gasteiger partial charge in [-0.05, 0) is 61.4 Å². The molecule has 8 nitrogen and oxygen atoms in total. The van der Waals surface area contributed by atoms with E-state index < -0.39 is 51.9 Å². The zero-order chi connectivity index (χ0) is 31.1. The van der Waals surface area contributed by atoms with Crippen LogP contribution in [-0.2, 0) is 32.3 Å². The van der Waals surface area contributed by atoms with Crippen molar-refractivity contribution in [3.63, 3.8) is 0 Å². The maximum atomic E-state index is 14.0. The van der Waals surface area contributed by atoms with Gasteiger partial charge in [0.05, 0.1) is 28.3 Å². The number of likely N-dealkylation sites (N-methyl/N-ethyl adjacent to an activating group) is 1. The van der Waals surface area contributed by atoms with Crippen molar-refractivity contribution in [2.75, 3.05) is 24.5 Å². The number of hydrogen-bond acceptors (Lipinski definition) is 5. The molecule has 0 aliphatic heterocycles. The third-order valence-electron chi connectivity index (χ3n) is 6.38. The summed E-state index contributed by atoms with van der Waals surface area (Å²) in [6.45, 7) is 2.64. The van der Waals surface area contributed by atoms with Gasteiger partial charge in [-0.15, -0.1) is 0 Å². The summed E-state index contributed by atoms with van der Waals surface area (Å²) in [5.41, 5.74) is -1.10. The maximum Gasteiger partial charge on any atom is 0.416 e. The van der Waals surface area contributed by atoms with Gasteiger partial charge in [-0.1, -0.05) is 48.9 Å². The number of methoxy groups -OCH3 is 1. The zero-order valence-corrected chi connectivity index (χ0v) is 24.8. The standard InChI is InChI=1S/C29H31ClF3N3O5S/c1-4-25(28(38)34-5-2)35(18-20-10-9-11-22(16-20)41-3)27(37)19-36(42(39,40)23-12-7-6-8-13-23)26-17-21(29(31,32)33)14-15-24(26)30/h6-17,25H,4-5,18-19H2,1-3H3,(H,34,38)/t25-/m0/s1. The molecule has 0 aliphatic carbocycles. The maximum absolute atomic E-state index is 14.0. The third kappa shape index (κ3) is 7.74. The molecule has 3 aromatic rings. The molecule has 3 aromatic carbocycles. The van der Waals surface area contributed by atoms with Crippen LogP contribution >= 0.6 is 11.6 Å². The van der Waals surface area contributed by atoms with Gasteiger partial charge < -0.3 is 15.0 Å². The largest absolute Gasteiger partial charge is 0.497 e. The Morgan fingerprint density at radius 2 is 1.69 bits per heavy atom. The second kappa shape index (κ2) is 13.9. The molecule has 1 atom stereocenters. The first-order valence-electron chi connectivity index (χ1n) is 13.0. The van der Waals surface area contributed by atoms with Crippen molar-refractivity contribution in [1.82, 2.24) is 10.2 Å². The van der Waals surface area contributed by atoms with Gasteiger partial charge in [0.1, 0.15) is 18.3 Å². The van der Waals surface area contributed by atoms with E-state index in [-0.39, 0.29) is 29.4 Å². The smallest absolute Gasteiger partial charge is 0.416 e. The lowest BCUT2D eigenvalue weighted by atomic mass is 10.1. The average Bonchev–Trinajstić information content (AvgIpc) is 2.96. The predicted octanol–water partition coefficient (Wildman–Crippen LogP) is 5.51. The SMILES string of the molecule is CCNC(=O)[C@H](CC)N(Cc1cccc(OC)c1)C(=O)CN(c1cc(C(F)(F)F)ccc1Cl)S(=O)(=O)c1ccccc1. The molecule has 226 valence electrons. The summed E-state index contributed by atoms with van der Waals surface area (Å²) < 4.78 is 74.4. The molecule has 0 aliphatic rings. The Morgan fingerprint density at radius 3 is 2.29 bits per heavy atom. The molecule has 0 bridgehead atoms. The lowest BCUT2D eigenvalue weighted by molar-refractivity contribution is -0.140. The number of nitrogens with zero attached hydrogens (tertiary/aromatic N) is 2. The molecule has 0 radical (unpaired) electrons. The Labute approximate surface area is 248 Å². The van der Waals surface area contributed by atoms with Crippen molar-refractivity contribution in [3.05, 3.63) is 88.9 Å². The van der Waals surface area contributed by atoms with E-state index in [1.165, 1.54) is 36.3 Å². The van der Waals surface area contributed by atoms with Crippen molar-refractivity contribution in [1.29, 1.82) is 0 Å². The molecule has 0 unspecified atom stereocenters. The van der Waals surface area contributed by atoms with Gasteiger partial charge in [-0.2, -0.15) is 13.2 Å². The van der Waals surface area contributed by atoms with Crippen LogP contribution in [0.25, 0.3) is 0 Å². The van der Waals surface area contributed by atoms with Gasteiger partial charge in [0.25, 0.3) is 10.0 Å². The number of anilines is 1. The monoisotopic (exact) mass is 625 g/mol. The van der Waals surface area contributed by atoms with Crippen LogP contribution in [-0.4, -0.2) is 51.4 Å². The summed E-state index contributed by atoms with van der Waals surface area (Å²) >= 11 is 6.27. The second-order valence-electron chi connectivity index (χ2n) is 9.18. The number of carbonyl (C=O) groups excluding carboxylic acids is 2. The van der Waals surface area contributed by atoms with Crippen LogP contribution in [0, 0.1) is 0 Å². The van der Waals surface area contributed by atoms with Crippen LogP contribution in [0.1, 0.15) is 31.4 Å². The fraction of sp³-hybridized carbons (Fsp3) is 0.310. The van der Waals surface area contributed by atoms with Crippen LogP contribution in [0.3, 0.4) is 0 Å². The Balaban J connectivity index is 2.16. The highest BCUT2D eigenvalue weighted by Crippen LogP contribution is 2.37. The van der Waals surface area contributed by atoms with E-state index in [4.69, 9.17) is 16.3 Å². The third-order valence-corrected chi connectivity index (χ3v) is 8.47. The summed E-state index contributed by atoms with van der Waals surface area (Å²) in [7, 11) is -3.13. The lowest BCUT2D eigenvalue weighted by Gasteiger charge is -2.33. The zero-order valence-electron chi connectivity index (χ0n) is 23.2. The summed E-state index contributed by atoms with van der Waals surface area (Å²) in [5, 5.41) is 2.36. The average molecular weight is 626 g/mol. The van der Waals surface area contributed by atoms with E-state index in [9.17, 15) is 31.2 Å². The van der Waals surface area contributed by atoms with E-state index in [0.29, 0.717) is 21.7 Å². The molecular weight excluding hydrogens is 595 g/mol. The van der Waals surface area contributed by atoms with Crippen molar-refractivity contribution in [2.24, 2.45) is 0 Å². The Morgan fingerprint density at radius 1 is 1.00 bits per heavy atom. The van der Waals surface area contributed by atoms with Gasteiger partial charge in [0.15, 0.2) is 0 Å².